The number of carboxylic acid groups (broad SMARTS) is 2. The summed E-state index contributed by atoms with van der Waals surface area (Å²) in [6.07, 6.45) is 1.50. The van der Waals surface area contributed by atoms with Crippen LogP contribution < -0.4 is 69.3 Å². The molecule has 4 rings (SSSR count). The van der Waals surface area contributed by atoms with Crippen molar-refractivity contribution >= 4 is 28.6 Å². The van der Waals surface area contributed by atoms with Crippen molar-refractivity contribution in [2.24, 2.45) is 0 Å². The Morgan fingerprint density at radius 1 is 0.842 bits per heavy atom. The fraction of sp³-hybridized carbons (Fsp3) is 0.103. The van der Waals surface area contributed by atoms with Crippen LogP contribution in [0.1, 0.15) is 11.1 Å². The number of amides is 1. The number of pyridine rings is 1. The number of aromatic nitrogens is 1. The smallest absolute Gasteiger partial charge is 0.548 e. The zero-order valence-corrected chi connectivity index (χ0v) is 25.1. The van der Waals surface area contributed by atoms with Gasteiger partial charge in [0.2, 0.25) is 0 Å². The van der Waals surface area contributed by atoms with Crippen LogP contribution in [-0.2, 0) is 20.8 Å². The number of rotatable bonds is 7. The van der Waals surface area contributed by atoms with Crippen molar-refractivity contribution in [2.45, 2.75) is 12.5 Å². The maximum atomic E-state index is 12.9. The zero-order valence-electron chi connectivity index (χ0n) is 21.1. The Labute approximate surface area is 264 Å². The summed E-state index contributed by atoms with van der Waals surface area (Å²) in [5, 5.41) is 25.2. The van der Waals surface area contributed by atoms with Crippen molar-refractivity contribution < 1.29 is 83.7 Å². The molecule has 0 radical (unpaired) electrons. The number of aliphatic carboxylic acids is 2. The summed E-state index contributed by atoms with van der Waals surface area (Å²) in [7, 11) is 0. The molecule has 0 aliphatic carbocycles. The molecule has 0 aliphatic heterocycles. The van der Waals surface area contributed by atoms with E-state index in [0.29, 0.717) is 16.0 Å². The van der Waals surface area contributed by atoms with Crippen LogP contribution in [0.25, 0.3) is 22.0 Å². The first-order valence-electron chi connectivity index (χ1n) is 11.1. The number of hydrogen-bond acceptors (Lipinski definition) is 6. The van der Waals surface area contributed by atoms with E-state index in [4.69, 9.17) is 0 Å². The molecule has 0 spiro atoms. The van der Waals surface area contributed by atoms with Crippen LogP contribution in [0, 0.1) is 11.8 Å². The third-order valence-electron chi connectivity index (χ3n) is 5.62. The number of nitrogens with zero attached hydrogens (tertiary/aromatic N) is 2. The quantitative estimate of drug-likeness (QED) is 0.178. The third kappa shape index (κ3) is 8.27. The van der Waals surface area contributed by atoms with E-state index in [-0.39, 0.29) is 65.5 Å². The molecule has 0 saturated heterocycles. The van der Waals surface area contributed by atoms with Gasteiger partial charge < -0.3 is 24.7 Å². The largest absolute Gasteiger partial charge is 1.00 e. The average Bonchev–Trinajstić information content (AvgIpc) is 2.89. The molecule has 0 fully saturated rings. The first kappa shape index (κ1) is 31.3. The van der Waals surface area contributed by atoms with E-state index < -0.39 is 30.4 Å². The van der Waals surface area contributed by atoms with Crippen molar-refractivity contribution in [3.63, 3.8) is 0 Å². The standard InChI is InChI=1S/C29H22N2O5.2Na/c32-27(15-11-20-8-12-22-5-1-2-6-24(22)17-20)31(19-28(33)34)26(29(35)36)18-21-9-13-23(14-10-21)25-7-3-4-16-30-25;;/h1-10,12-14,16-17,26H,18-19H2,(H,33,34)(H,35,36);;/q;2*+1/p-2. The number of carbonyl (C=O) groups is 3. The van der Waals surface area contributed by atoms with Gasteiger partial charge in [-0.25, -0.2) is 0 Å². The summed E-state index contributed by atoms with van der Waals surface area (Å²) >= 11 is 0. The summed E-state index contributed by atoms with van der Waals surface area (Å²) in [5.41, 5.74) is 2.68. The van der Waals surface area contributed by atoms with Crippen molar-refractivity contribution in [1.82, 2.24) is 9.88 Å². The van der Waals surface area contributed by atoms with Crippen LogP contribution in [0.3, 0.4) is 0 Å². The van der Waals surface area contributed by atoms with E-state index in [0.717, 1.165) is 22.0 Å². The van der Waals surface area contributed by atoms with Crippen LogP contribution in [0.5, 0.6) is 0 Å². The van der Waals surface area contributed by atoms with Gasteiger partial charge in [-0.15, -0.1) is 0 Å². The number of carboxylic acids is 2. The summed E-state index contributed by atoms with van der Waals surface area (Å²) in [6.45, 7) is -0.935. The van der Waals surface area contributed by atoms with Gasteiger partial charge in [0, 0.05) is 23.2 Å². The summed E-state index contributed by atoms with van der Waals surface area (Å²) < 4.78 is 0. The number of benzene rings is 3. The second-order valence-electron chi connectivity index (χ2n) is 8.07. The maximum absolute atomic E-state index is 12.9. The van der Waals surface area contributed by atoms with Crippen molar-refractivity contribution in [2.75, 3.05) is 6.54 Å². The van der Waals surface area contributed by atoms with Gasteiger partial charge in [0.15, 0.2) is 0 Å². The van der Waals surface area contributed by atoms with E-state index in [1.165, 1.54) is 0 Å². The topological polar surface area (TPSA) is 113 Å². The van der Waals surface area contributed by atoms with Gasteiger partial charge in [0.1, 0.15) is 0 Å². The van der Waals surface area contributed by atoms with Gasteiger partial charge in [-0.3, -0.25) is 9.78 Å². The van der Waals surface area contributed by atoms with Crippen LogP contribution in [0.15, 0.2) is 91.1 Å². The molecule has 1 aromatic heterocycles. The Morgan fingerprint density at radius 3 is 2.16 bits per heavy atom. The molecular weight excluding hydrogens is 502 g/mol. The van der Waals surface area contributed by atoms with Gasteiger partial charge in [0.25, 0.3) is 5.91 Å². The monoisotopic (exact) mass is 522 g/mol. The molecule has 3 aromatic carbocycles. The van der Waals surface area contributed by atoms with E-state index in [1.807, 2.05) is 42.5 Å². The third-order valence-corrected chi connectivity index (χ3v) is 5.62. The molecule has 1 unspecified atom stereocenters. The summed E-state index contributed by atoms with van der Waals surface area (Å²) in [4.78, 5) is 41.1. The van der Waals surface area contributed by atoms with Gasteiger partial charge in [0.05, 0.1) is 30.2 Å². The fourth-order valence-electron chi connectivity index (χ4n) is 3.82. The number of carbonyl (C=O) groups excluding carboxylic acids is 3. The summed E-state index contributed by atoms with van der Waals surface area (Å²) in [6, 6.07) is 23.9. The summed E-state index contributed by atoms with van der Waals surface area (Å²) in [5.74, 6) is 0.918. The van der Waals surface area contributed by atoms with Crippen LogP contribution in [0.4, 0.5) is 0 Å². The predicted molar refractivity (Wildman–Crippen MR) is 130 cm³/mol. The van der Waals surface area contributed by atoms with Gasteiger partial charge in [-0.2, -0.15) is 0 Å². The fourth-order valence-corrected chi connectivity index (χ4v) is 3.82. The molecule has 178 valence electrons. The Kier molecular flexibility index (Phi) is 12.2. The average molecular weight is 522 g/mol. The molecular formula is C29H20N2Na2O5. The van der Waals surface area contributed by atoms with Crippen LogP contribution in [-0.4, -0.2) is 40.3 Å². The molecule has 7 nitrogen and oxygen atoms in total. The number of hydrogen-bond donors (Lipinski definition) is 0. The SMILES string of the molecule is O=C([O-])CN(C(=O)C#Cc1ccc2ccccc2c1)C(Cc1ccc(-c2ccccn2)cc1)C(=O)[O-].[Na+].[Na+]. The van der Waals surface area contributed by atoms with Crippen molar-refractivity contribution in [3.05, 3.63) is 102 Å². The van der Waals surface area contributed by atoms with Crippen LogP contribution >= 0.6 is 0 Å². The van der Waals surface area contributed by atoms with Crippen molar-refractivity contribution in [3.8, 4) is 23.1 Å². The molecule has 0 bridgehead atoms. The van der Waals surface area contributed by atoms with Gasteiger partial charge >= 0.3 is 59.1 Å². The molecule has 1 amide bonds. The second kappa shape index (κ2) is 14.8. The van der Waals surface area contributed by atoms with Crippen molar-refractivity contribution in [1.29, 1.82) is 0 Å². The molecule has 1 atom stereocenters. The van der Waals surface area contributed by atoms with Gasteiger partial charge in [-0.1, -0.05) is 66.6 Å². The minimum atomic E-state index is -1.60. The van der Waals surface area contributed by atoms with Gasteiger partial charge in [-0.05, 0) is 47.0 Å². The minimum absolute atomic E-state index is 0. The molecule has 0 saturated carbocycles. The Balaban J connectivity index is 0.00000253. The minimum Gasteiger partial charge on any atom is -0.548 e. The molecule has 0 N–H and O–H groups in total. The molecule has 0 aliphatic rings. The Morgan fingerprint density at radius 2 is 1.53 bits per heavy atom. The maximum Gasteiger partial charge on any atom is 1.00 e. The predicted octanol–water partition coefficient (Wildman–Crippen LogP) is -4.80. The normalized spacial score (nSPS) is 10.6. The van der Waals surface area contributed by atoms with E-state index >= 15 is 0 Å². The zero-order chi connectivity index (χ0) is 25.5. The first-order chi connectivity index (χ1) is 17.4. The molecule has 4 aromatic rings. The van der Waals surface area contributed by atoms with E-state index in [2.05, 4.69) is 16.8 Å². The number of fused-ring (bicyclic) bond motifs is 1. The van der Waals surface area contributed by atoms with E-state index in [9.17, 15) is 24.6 Å². The van der Waals surface area contributed by atoms with Crippen LogP contribution in [0.2, 0.25) is 0 Å². The molecule has 1 heterocycles. The Bertz CT molecular complexity index is 1480. The molecule has 38 heavy (non-hydrogen) atoms. The molecule has 9 heteroatoms. The van der Waals surface area contributed by atoms with E-state index in [1.54, 1.807) is 48.7 Å². The second-order valence-corrected chi connectivity index (χ2v) is 8.07. The Hall–Kier alpha value is -2.96. The first-order valence-corrected chi connectivity index (χ1v) is 11.1.